The van der Waals surface area contributed by atoms with Gasteiger partial charge < -0.3 is 9.32 Å². The molecule has 0 saturated heterocycles. The van der Waals surface area contributed by atoms with E-state index >= 15 is 0 Å². The van der Waals surface area contributed by atoms with Crippen molar-refractivity contribution < 1.29 is 4.42 Å². The summed E-state index contributed by atoms with van der Waals surface area (Å²) in [6.45, 7) is 0. The Morgan fingerprint density at radius 1 is 0.413 bits per heavy atom. The minimum atomic E-state index is 0.640. The first-order valence-corrected chi connectivity index (χ1v) is 15.5. The molecule has 1 aliphatic rings. The van der Waals surface area contributed by atoms with Gasteiger partial charge in [0, 0.05) is 39.1 Å². The van der Waals surface area contributed by atoms with E-state index in [1.807, 2.05) is 30.3 Å². The van der Waals surface area contributed by atoms with Gasteiger partial charge in [-0.2, -0.15) is 0 Å². The van der Waals surface area contributed by atoms with E-state index in [-0.39, 0.29) is 0 Å². The molecule has 0 atom stereocenters. The molecule has 3 nitrogen and oxygen atoms in total. The Kier molecular flexibility index (Phi) is 6.14. The van der Waals surface area contributed by atoms with Gasteiger partial charge >= 0.3 is 0 Å². The van der Waals surface area contributed by atoms with Gasteiger partial charge in [-0.25, -0.2) is 4.98 Å². The van der Waals surface area contributed by atoms with Gasteiger partial charge in [0.15, 0.2) is 5.76 Å². The van der Waals surface area contributed by atoms with Crippen LogP contribution in [0.3, 0.4) is 0 Å². The van der Waals surface area contributed by atoms with Crippen LogP contribution in [0.4, 0.5) is 17.1 Å². The predicted octanol–water partition coefficient (Wildman–Crippen LogP) is 11.9. The van der Waals surface area contributed by atoms with Crippen molar-refractivity contribution in [1.29, 1.82) is 0 Å². The van der Waals surface area contributed by atoms with Gasteiger partial charge in [-0.1, -0.05) is 121 Å². The quantitative estimate of drug-likeness (QED) is 0.193. The van der Waals surface area contributed by atoms with E-state index in [0.717, 1.165) is 50.6 Å². The normalized spacial score (nSPS) is 11.5. The fourth-order valence-corrected chi connectivity index (χ4v) is 6.66. The first-order valence-electron chi connectivity index (χ1n) is 15.5. The van der Waals surface area contributed by atoms with Crippen LogP contribution in [0.2, 0.25) is 0 Å². The molecule has 1 aliphatic carbocycles. The summed E-state index contributed by atoms with van der Waals surface area (Å²) >= 11 is 0. The maximum atomic E-state index is 6.56. The van der Waals surface area contributed by atoms with Crippen molar-refractivity contribution in [3.63, 3.8) is 0 Å². The molecule has 8 aromatic rings. The van der Waals surface area contributed by atoms with Gasteiger partial charge in [0.05, 0.1) is 0 Å². The van der Waals surface area contributed by atoms with Crippen LogP contribution in [0, 0.1) is 0 Å². The summed E-state index contributed by atoms with van der Waals surface area (Å²) in [7, 11) is 0. The number of hydrogen-bond donors (Lipinski definition) is 0. The van der Waals surface area contributed by atoms with E-state index in [1.54, 1.807) is 0 Å². The molecule has 1 aromatic heterocycles. The van der Waals surface area contributed by atoms with Gasteiger partial charge in [-0.3, -0.25) is 0 Å². The fraction of sp³-hybridized carbons (Fsp3) is 0. The van der Waals surface area contributed by atoms with Crippen LogP contribution in [-0.4, -0.2) is 4.98 Å². The van der Waals surface area contributed by atoms with Crippen LogP contribution in [0.5, 0.6) is 0 Å². The lowest BCUT2D eigenvalue weighted by atomic mass is 10.0. The number of rotatable bonds is 6. The van der Waals surface area contributed by atoms with Gasteiger partial charge in [-0.15, -0.1) is 0 Å². The maximum absolute atomic E-state index is 6.56. The summed E-state index contributed by atoms with van der Waals surface area (Å²) in [5, 5.41) is 2.34. The lowest BCUT2D eigenvalue weighted by Gasteiger charge is -2.27. The second-order valence-corrected chi connectivity index (χ2v) is 11.6. The van der Waals surface area contributed by atoms with Crippen LogP contribution < -0.4 is 4.90 Å². The third kappa shape index (κ3) is 4.41. The maximum Gasteiger partial charge on any atom is 0.227 e. The van der Waals surface area contributed by atoms with E-state index in [4.69, 9.17) is 9.40 Å². The minimum absolute atomic E-state index is 0.640. The molecule has 3 heteroatoms. The second kappa shape index (κ2) is 10.8. The highest BCUT2D eigenvalue weighted by Gasteiger charge is 2.29. The lowest BCUT2D eigenvalue weighted by molar-refractivity contribution is 0.590. The third-order valence-electron chi connectivity index (χ3n) is 8.79. The average molecular weight is 589 g/mol. The number of anilines is 3. The first kappa shape index (κ1) is 26.2. The van der Waals surface area contributed by atoms with Crippen LogP contribution in [0.1, 0.15) is 0 Å². The van der Waals surface area contributed by atoms with Crippen molar-refractivity contribution in [3.8, 4) is 56.3 Å². The highest BCUT2D eigenvalue weighted by molar-refractivity contribution is 6.15. The second-order valence-electron chi connectivity index (χ2n) is 11.6. The number of oxazole rings is 1. The molecule has 0 radical (unpaired) electrons. The Morgan fingerprint density at radius 3 is 1.57 bits per heavy atom. The van der Waals surface area contributed by atoms with E-state index in [9.17, 15) is 0 Å². The van der Waals surface area contributed by atoms with E-state index in [0.29, 0.717) is 5.89 Å². The number of nitrogens with zero attached hydrogens (tertiary/aromatic N) is 2. The van der Waals surface area contributed by atoms with Gasteiger partial charge in [0.1, 0.15) is 5.69 Å². The lowest BCUT2D eigenvalue weighted by Crippen LogP contribution is -2.10. The number of hydrogen-bond acceptors (Lipinski definition) is 3. The zero-order valence-electron chi connectivity index (χ0n) is 25.0. The molecular formula is C43H28N2O. The van der Waals surface area contributed by atoms with Crippen molar-refractivity contribution >= 4 is 27.8 Å². The monoisotopic (exact) mass is 588 g/mol. The highest BCUT2D eigenvalue weighted by Crippen LogP contribution is 2.51. The number of benzene rings is 7. The van der Waals surface area contributed by atoms with E-state index in [2.05, 4.69) is 144 Å². The Hall–Kier alpha value is -6.19. The van der Waals surface area contributed by atoms with Crippen molar-refractivity contribution in [1.82, 2.24) is 4.98 Å². The molecule has 216 valence electrons. The standard InChI is InChI=1S/C43H28N2O/c1-4-13-29(14-5-1)32-19-10-22-35(25-32)45(36-23-11-20-33(26-36)30-15-6-2-7-16-30)37-27-34-21-12-24-38-40(34)39(28-37)42-41(38)44-43(46-42)31-17-8-3-9-18-31/h1-28H. The third-order valence-corrected chi connectivity index (χ3v) is 8.79. The fourth-order valence-electron chi connectivity index (χ4n) is 6.66. The zero-order chi connectivity index (χ0) is 30.5. The molecule has 0 aliphatic heterocycles. The molecule has 1 heterocycles. The summed E-state index contributed by atoms with van der Waals surface area (Å²) in [5.74, 6) is 1.46. The van der Waals surface area contributed by atoms with Crippen molar-refractivity contribution in [2.75, 3.05) is 4.90 Å². The highest BCUT2D eigenvalue weighted by atomic mass is 16.4. The SMILES string of the molecule is c1ccc(-c2cccc(N(c3cccc(-c4ccccc4)c3)c3cc4c5c(cccc5c3)-c3nc(-c5ccccc5)oc3-4)c2)cc1. The molecule has 46 heavy (non-hydrogen) atoms. The van der Waals surface area contributed by atoms with Crippen molar-refractivity contribution in [2.24, 2.45) is 0 Å². The molecule has 0 amide bonds. The molecule has 0 bridgehead atoms. The molecule has 0 spiro atoms. The van der Waals surface area contributed by atoms with E-state index in [1.165, 1.54) is 27.6 Å². The molecule has 0 unspecified atom stereocenters. The molecule has 9 rings (SSSR count). The summed E-state index contributed by atoms with van der Waals surface area (Å²) in [4.78, 5) is 7.36. The van der Waals surface area contributed by atoms with Crippen LogP contribution in [-0.2, 0) is 0 Å². The Balaban J connectivity index is 1.25. The Labute approximate surface area is 267 Å². The largest absolute Gasteiger partial charge is 0.435 e. The summed E-state index contributed by atoms with van der Waals surface area (Å²) in [5.41, 5.74) is 12.0. The predicted molar refractivity (Wildman–Crippen MR) is 189 cm³/mol. The first-order chi connectivity index (χ1) is 22.8. The molecule has 7 aromatic carbocycles. The van der Waals surface area contributed by atoms with Crippen LogP contribution in [0.15, 0.2) is 174 Å². The summed E-state index contributed by atoms with van der Waals surface area (Å²) in [6.07, 6.45) is 0. The average Bonchev–Trinajstić information content (AvgIpc) is 3.70. The van der Waals surface area contributed by atoms with Crippen molar-refractivity contribution in [3.05, 3.63) is 170 Å². The molecule has 0 N–H and O–H groups in total. The topological polar surface area (TPSA) is 29.3 Å². The number of fused-ring (bicyclic) bond motifs is 3. The summed E-state index contributed by atoms with van der Waals surface area (Å²) < 4.78 is 6.56. The molecular weight excluding hydrogens is 560 g/mol. The summed E-state index contributed by atoms with van der Waals surface area (Å²) in [6, 6.07) is 59.8. The minimum Gasteiger partial charge on any atom is -0.435 e. The van der Waals surface area contributed by atoms with E-state index < -0.39 is 0 Å². The zero-order valence-corrected chi connectivity index (χ0v) is 25.0. The molecule has 0 saturated carbocycles. The molecule has 0 fully saturated rings. The Morgan fingerprint density at radius 2 is 0.957 bits per heavy atom. The van der Waals surface area contributed by atoms with Crippen LogP contribution in [0.25, 0.3) is 67.1 Å². The number of aromatic nitrogens is 1. The van der Waals surface area contributed by atoms with Gasteiger partial charge in [-0.05, 0) is 76.2 Å². The van der Waals surface area contributed by atoms with Gasteiger partial charge in [0.25, 0.3) is 0 Å². The van der Waals surface area contributed by atoms with Gasteiger partial charge in [0.2, 0.25) is 5.89 Å². The van der Waals surface area contributed by atoms with Crippen LogP contribution >= 0.6 is 0 Å². The smallest absolute Gasteiger partial charge is 0.227 e. The van der Waals surface area contributed by atoms with Crippen molar-refractivity contribution in [2.45, 2.75) is 0 Å². The Bertz CT molecular complexity index is 2280.